The molecule has 0 aliphatic heterocycles. The monoisotopic (exact) mass is 658 g/mol. The molecular formula is C46H34N4O. The number of hydrogen-bond donors (Lipinski definition) is 0. The smallest absolute Gasteiger partial charge is 0.145 e. The highest BCUT2D eigenvalue weighted by molar-refractivity contribution is 6.18. The highest BCUT2D eigenvalue weighted by Crippen LogP contribution is 2.41. The molecule has 0 saturated heterocycles. The maximum absolute atomic E-state index is 6.70. The van der Waals surface area contributed by atoms with E-state index in [2.05, 4.69) is 158 Å². The first-order valence-electron chi connectivity index (χ1n) is 17.4. The summed E-state index contributed by atoms with van der Waals surface area (Å²) >= 11 is 0. The van der Waals surface area contributed by atoms with Crippen molar-refractivity contribution in [1.82, 2.24) is 18.8 Å². The number of hydrogen-bond acceptors (Lipinski definition) is 3. The van der Waals surface area contributed by atoms with Crippen LogP contribution in [-0.4, -0.2) is 18.8 Å². The van der Waals surface area contributed by atoms with E-state index in [1.54, 1.807) is 0 Å². The first-order chi connectivity index (χ1) is 25.0. The fraction of sp³-hybridized carbons (Fsp3) is 0.0870. The van der Waals surface area contributed by atoms with E-state index in [0.29, 0.717) is 0 Å². The predicted octanol–water partition coefficient (Wildman–Crippen LogP) is 12.0. The first-order valence-corrected chi connectivity index (χ1v) is 17.4. The summed E-state index contributed by atoms with van der Waals surface area (Å²) < 4.78 is 11.2. The van der Waals surface area contributed by atoms with Crippen LogP contribution in [-0.2, 0) is 0 Å². The van der Waals surface area contributed by atoms with Gasteiger partial charge in [-0.15, -0.1) is 0 Å². The van der Waals surface area contributed by atoms with Crippen LogP contribution in [0.1, 0.15) is 22.3 Å². The Bertz CT molecular complexity index is 3010. The minimum absolute atomic E-state index is 0.757. The molecule has 10 aromatic rings. The highest BCUT2D eigenvalue weighted by Gasteiger charge is 2.19. The minimum Gasteiger partial charge on any atom is -0.457 e. The SMILES string of the molecule is Cc1cccc(C)c1-c1cccc2c1c1ccc(Oc3ccc4c5ccccc5n5c(-c6c(C)cccc6C)cnc5c4c3)cc1c1nccn21. The molecule has 0 unspecified atom stereocenters. The summed E-state index contributed by atoms with van der Waals surface area (Å²) in [6.45, 7) is 8.73. The average molecular weight is 659 g/mol. The molecule has 0 amide bonds. The van der Waals surface area contributed by atoms with Crippen LogP contribution in [0.5, 0.6) is 11.5 Å². The van der Waals surface area contributed by atoms with E-state index in [-0.39, 0.29) is 0 Å². The molecule has 4 heterocycles. The Balaban J connectivity index is 1.16. The molecule has 4 aromatic heterocycles. The summed E-state index contributed by atoms with van der Waals surface area (Å²) in [5, 5.41) is 6.77. The van der Waals surface area contributed by atoms with Gasteiger partial charge < -0.3 is 4.74 Å². The molecule has 5 nitrogen and oxygen atoms in total. The largest absolute Gasteiger partial charge is 0.457 e. The lowest BCUT2D eigenvalue weighted by atomic mass is 9.91. The third-order valence-corrected chi connectivity index (χ3v) is 10.6. The summed E-state index contributed by atoms with van der Waals surface area (Å²) in [7, 11) is 0. The number of rotatable bonds is 4. The second-order valence-corrected chi connectivity index (χ2v) is 13.7. The lowest BCUT2D eigenvalue weighted by Crippen LogP contribution is -1.97. The van der Waals surface area contributed by atoms with Gasteiger partial charge in [-0.3, -0.25) is 8.80 Å². The Morgan fingerprint density at radius 1 is 0.510 bits per heavy atom. The summed E-state index contributed by atoms with van der Waals surface area (Å²) in [6.07, 6.45) is 5.94. The molecule has 0 fully saturated rings. The van der Waals surface area contributed by atoms with Gasteiger partial charge in [0.05, 0.1) is 22.9 Å². The van der Waals surface area contributed by atoms with Crippen molar-refractivity contribution in [2.24, 2.45) is 0 Å². The molecule has 6 aromatic carbocycles. The summed E-state index contributed by atoms with van der Waals surface area (Å²) in [4.78, 5) is 9.87. The summed E-state index contributed by atoms with van der Waals surface area (Å²) in [5.41, 5.74) is 13.9. The van der Waals surface area contributed by atoms with Crippen LogP contribution in [0.2, 0.25) is 0 Å². The Kier molecular flexibility index (Phi) is 6.37. The van der Waals surface area contributed by atoms with Crippen molar-refractivity contribution >= 4 is 54.6 Å². The second kappa shape index (κ2) is 11.0. The predicted molar refractivity (Wildman–Crippen MR) is 210 cm³/mol. The van der Waals surface area contributed by atoms with Gasteiger partial charge >= 0.3 is 0 Å². The van der Waals surface area contributed by atoms with Crippen LogP contribution >= 0.6 is 0 Å². The van der Waals surface area contributed by atoms with Crippen LogP contribution in [0.4, 0.5) is 0 Å². The molecule has 0 saturated carbocycles. The minimum atomic E-state index is 0.757. The van der Waals surface area contributed by atoms with Crippen LogP contribution < -0.4 is 4.74 Å². The number of para-hydroxylation sites is 1. The molecule has 244 valence electrons. The van der Waals surface area contributed by atoms with Gasteiger partial charge in [0.15, 0.2) is 0 Å². The van der Waals surface area contributed by atoms with E-state index in [0.717, 1.165) is 61.1 Å². The van der Waals surface area contributed by atoms with Crippen molar-refractivity contribution in [2.75, 3.05) is 0 Å². The maximum Gasteiger partial charge on any atom is 0.145 e. The van der Waals surface area contributed by atoms with Crippen molar-refractivity contribution in [1.29, 1.82) is 0 Å². The highest BCUT2D eigenvalue weighted by atomic mass is 16.5. The van der Waals surface area contributed by atoms with Gasteiger partial charge in [0.1, 0.15) is 22.8 Å². The number of nitrogens with zero attached hydrogens (tertiary/aromatic N) is 4. The summed E-state index contributed by atoms with van der Waals surface area (Å²) in [5.74, 6) is 1.51. The van der Waals surface area contributed by atoms with E-state index in [9.17, 15) is 0 Å². The number of ether oxygens (including phenoxy) is 1. The van der Waals surface area contributed by atoms with Gasteiger partial charge in [0.25, 0.3) is 0 Å². The number of imidazole rings is 2. The van der Waals surface area contributed by atoms with E-state index < -0.39 is 0 Å². The van der Waals surface area contributed by atoms with E-state index in [1.807, 2.05) is 12.4 Å². The fourth-order valence-corrected chi connectivity index (χ4v) is 8.38. The normalized spacial score (nSPS) is 11.9. The number of benzene rings is 6. The van der Waals surface area contributed by atoms with Gasteiger partial charge in [-0.05, 0) is 120 Å². The van der Waals surface area contributed by atoms with Crippen LogP contribution in [0, 0.1) is 27.7 Å². The Labute approximate surface area is 295 Å². The zero-order chi connectivity index (χ0) is 34.4. The Morgan fingerprint density at radius 2 is 1.14 bits per heavy atom. The lowest BCUT2D eigenvalue weighted by Gasteiger charge is -2.17. The number of aryl methyl sites for hydroxylation is 4. The molecule has 10 rings (SSSR count). The van der Waals surface area contributed by atoms with E-state index >= 15 is 0 Å². The maximum atomic E-state index is 6.70. The number of fused-ring (bicyclic) bond motifs is 12. The molecule has 0 radical (unpaired) electrons. The zero-order valence-corrected chi connectivity index (χ0v) is 28.9. The van der Waals surface area contributed by atoms with Gasteiger partial charge in [0, 0.05) is 39.5 Å². The Hall–Kier alpha value is -6.46. The number of pyridine rings is 2. The van der Waals surface area contributed by atoms with E-state index in [4.69, 9.17) is 14.7 Å². The molecule has 0 aliphatic carbocycles. The van der Waals surface area contributed by atoms with Crippen molar-refractivity contribution in [3.63, 3.8) is 0 Å². The molecule has 0 aliphatic rings. The van der Waals surface area contributed by atoms with Crippen molar-refractivity contribution in [2.45, 2.75) is 27.7 Å². The van der Waals surface area contributed by atoms with Gasteiger partial charge in [-0.25, -0.2) is 9.97 Å². The van der Waals surface area contributed by atoms with Gasteiger partial charge in [0.2, 0.25) is 0 Å². The topological polar surface area (TPSA) is 43.8 Å². The van der Waals surface area contributed by atoms with Gasteiger partial charge in [-0.1, -0.05) is 66.7 Å². The van der Waals surface area contributed by atoms with Gasteiger partial charge in [-0.2, -0.15) is 0 Å². The summed E-state index contributed by atoms with van der Waals surface area (Å²) in [6, 6.07) is 40.9. The molecular weight excluding hydrogens is 625 g/mol. The molecule has 5 heteroatoms. The quantitative estimate of drug-likeness (QED) is 0.177. The second-order valence-electron chi connectivity index (χ2n) is 13.7. The average Bonchev–Trinajstić information content (AvgIpc) is 3.81. The van der Waals surface area contributed by atoms with Crippen molar-refractivity contribution in [3.05, 3.63) is 156 Å². The third kappa shape index (κ3) is 4.34. The van der Waals surface area contributed by atoms with Crippen LogP contribution in [0.25, 0.3) is 77.0 Å². The molecule has 0 spiro atoms. The molecule has 0 atom stereocenters. The van der Waals surface area contributed by atoms with Crippen LogP contribution in [0.15, 0.2) is 134 Å². The molecule has 0 bridgehead atoms. The van der Waals surface area contributed by atoms with Crippen molar-refractivity contribution < 1.29 is 4.74 Å². The fourth-order valence-electron chi connectivity index (χ4n) is 8.38. The Morgan fingerprint density at radius 3 is 1.88 bits per heavy atom. The van der Waals surface area contributed by atoms with Crippen LogP contribution in [0.3, 0.4) is 0 Å². The zero-order valence-electron chi connectivity index (χ0n) is 28.9. The first kappa shape index (κ1) is 29.5. The molecule has 51 heavy (non-hydrogen) atoms. The molecule has 0 N–H and O–H groups in total. The van der Waals surface area contributed by atoms with Crippen molar-refractivity contribution in [3.8, 4) is 33.9 Å². The third-order valence-electron chi connectivity index (χ3n) is 10.6. The lowest BCUT2D eigenvalue weighted by molar-refractivity contribution is 0.484. The van der Waals surface area contributed by atoms with E-state index in [1.165, 1.54) is 49.7 Å². The number of aromatic nitrogens is 4. The standard InChI is InChI=1S/C46H34N4O/c1-27-10-7-11-28(2)42(27)36-15-9-17-40-44(36)35-21-19-32(25-38(35)45-47-22-23-49(40)45)51-31-18-20-33-34-14-5-6-16-39(34)50-41(26-48-46(50)37(33)24-31)43-29(3)12-8-13-30(43)4/h5-26H,1-4H3.